The van der Waals surface area contributed by atoms with Crippen molar-refractivity contribution in [1.82, 2.24) is 10.2 Å². The summed E-state index contributed by atoms with van der Waals surface area (Å²) < 4.78 is 5.19. The lowest BCUT2D eigenvalue weighted by Gasteiger charge is -2.26. The van der Waals surface area contributed by atoms with E-state index in [4.69, 9.17) is 10.5 Å². The summed E-state index contributed by atoms with van der Waals surface area (Å²) in [5.41, 5.74) is 5.40. The molecule has 1 fully saturated rings. The van der Waals surface area contributed by atoms with Gasteiger partial charge in [-0.2, -0.15) is 0 Å². The van der Waals surface area contributed by atoms with Crippen LogP contribution in [0.15, 0.2) is 0 Å². The molecule has 0 unspecified atom stereocenters. The number of halogens is 1. The first-order chi connectivity index (χ1) is 9.74. The molecule has 3 N–H and O–H groups in total. The van der Waals surface area contributed by atoms with E-state index in [1.807, 2.05) is 0 Å². The lowest BCUT2D eigenvalue weighted by atomic mass is 10.1. The molecule has 1 aliphatic rings. The van der Waals surface area contributed by atoms with Crippen molar-refractivity contribution in [1.29, 1.82) is 0 Å². The Balaban J connectivity index is 0.00000400. The minimum absolute atomic E-state index is 0. The number of nitrogens with zero attached hydrogens (tertiary/aromatic N) is 1. The smallest absolute Gasteiger partial charge is 0.224 e. The van der Waals surface area contributed by atoms with Crippen LogP contribution in [0, 0.1) is 0 Å². The summed E-state index contributed by atoms with van der Waals surface area (Å²) in [7, 11) is 0. The molecule has 1 saturated heterocycles. The van der Waals surface area contributed by atoms with Gasteiger partial charge >= 0.3 is 0 Å². The van der Waals surface area contributed by atoms with E-state index in [1.165, 1.54) is 0 Å². The number of ether oxygens (including phenoxy) is 1. The normalized spacial score (nSPS) is 14.4. The number of nitrogens with two attached hydrogens (primary N) is 1. The van der Waals surface area contributed by atoms with E-state index >= 15 is 0 Å². The summed E-state index contributed by atoms with van der Waals surface area (Å²) >= 11 is 0. The minimum atomic E-state index is 0. The van der Waals surface area contributed by atoms with Crippen LogP contribution in [0.4, 0.5) is 0 Å². The first-order valence-corrected chi connectivity index (χ1v) is 7.56. The van der Waals surface area contributed by atoms with Gasteiger partial charge in [-0.25, -0.2) is 0 Å². The summed E-state index contributed by atoms with van der Waals surface area (Å²) in [6.07, 6.45) is 4.95. The van der Waals surface area contributed by atoms with Gasteiger partial charge in [-0.05, 0) is 19.4 Å². The van der Waals surface area contributed by atoms with Gasteiger partial charge in [0.25, 0.3) is 0 Å². The van der Waals surface area contributed by atoms with Gasteiger partial charge in [0.05, 0.1) is 13.2 Å². The average Bonchev–Trinajstić information content (AvgIpc) is 2.48. The quantitative estimate of drug-likeness (QED) is 0.612. The van der Waals surface area contributed by atoms with Crippen molar-refractivity contribution in [2.45, 2.75) is 38.5 Å². The highest BCUT2D eigenvalue weighted by Gasteiger charge is 2.16. The maximum Gasteiger partial charge on any atom is 0.224 e. The van der Waals surface area contributed by atoms with Crippen molar-refractivity contribution in [3.63, 3.8) is 0 Å². The van der Waals surface area contributed by atoms with Crippen LogP contribution in [-0.4, -0.2) is 56.1 Å². The molecule has 1 heterocycles. The van der Waals surface area contributed by atoms with Crippen molar-refractivity contribution < 1.29 is 14.3 Å². The van der Waals surface area contributed by atoms with Crippen LogP contribution < -0.4 is 11.1 Å². The van der Waals surface area contributed by atoms with Gasteiger partial charge in [0, 0.05) is 32.5 Å². The van der Waals surface area contributed by atoms with Crippen LogP contribution in [0.5, 0.6) is 0 Å². The zero-order valence-electron chi connectivity index (χ0n) is 12.6. The second-order valence-electron chi connectivity index (χ2n) is 5.05. The van der Waals surface area contributed by atoms with E-state index in [1.54, 1.807) is 4.90 Å². The van der Waals surface area contributed by atoms with Gasteiger partial charge in [0.15, 0.2) is 0 Å². The predicted molar refractivity (Wildman–Crippen MR) is 84.4 cm³/mol. The fourth-order valence-electron chi connectivity index (χ4n) is 2.15. The molecule has 0 aromatic heterocycles. The standard InChI is InChI=1S/C14H27N3O3.ClH/c15-7-4-2-1-3-5-13(18)16-8-6-14(19)17-9-11-20-12-10-17;/h1-12,15H2,(H,16,18);1H. The third-order valence-corrected chi connectivity index (χ3v) is 3.38. The Morgan fingerprint density at radius 2 is 1.71 bits per heavy atom. The number of rotatable bonds is 9. The van der Waals surface area contributed by atoms with Gasteiger partial charge < -0.3 is 20.7 Å². The van der Waals surface area contributed by atoms with Crippen molar-refractivity contribution in [2.24, 2.45) is 5.73 Å². The van der Waals surface area contributed by atoms with Crippen molar-refractivity contribution in [2.75, 3.05) is 39.4 Å². The Bertz CT molecular complexity index is 297. The molecule has 0 saturated carbocycles. The monoisotopic (exact) mass is 321 g/mol. The van der Waals surface area contributed by atoms with Crippen molar-refractivity contribution in [3.05, 3.63) is 0 Å². The molecule has 124 valence electrons. The van der Waals surface area contributed by atoms with Gasteiger partial charge in [-0.15, -0.1) is 12.4 Å². The summed E-state index contributed by atoms with van der Waals surface area (Å²) in [6, 6.07) is 0. The van der Waals surface area contributed by atoms with Crippen LogP contribution in [0.1, 0.15) is 38.5 Å². The largest absolute Gasteiger partial charge is 0.378 e. The van der Waals surface area contributed by atoms with E-state index in [2.05, 4.69) is 5.32 Å². The number of carbonyl (C=O) groups excluding carboxylic acids is 2. The zero-order valence-corrected chi connectivity index (χ0v) is 13.5. The molecule has 7 heteroatoms. The fourth-order valence-corrected chi connectivity index (χ4v) is 2.15. The number of hydrogen-bond acceptors (Lipinski definition) is 4. The summed E-state index contributed by atoms with van der Waals surface area (Å²) in [5, 5.41) is 2.80. The summed E-state index contributed by atoms with van der Waals surface area (Å²) in [5.74, 6) is 0.129. The van der Waals surface area contributed by atoms with E-state index in [0.29, 0.717) is 45.7 Å². The van der Waals surface area contributed by atoms with Crippen LogP contribution in [0.25, 0.3) is 0 Å². The zero-order chi connectivity index (χ0) is 14.6. The van der Waals surface area contributed by atoms with Gasteiger partial charge in [-0.1, -0.05) is 12.8 Å². The average molecular weight is 322 g/mol. The molecule has 2 amide bonds. The van der Waals surface area contributed by atoms with Gasteiger partial charge in [-0.3, -0.25) is 9.59 Å². The third kappa shape index (κ3) is 9.66. The molecule has 21 heavy (non-hydrogen) atoms. The number of unbranched alkanes of at least 4 members (excludes halogenated alkanes) is 3. The molecule has 0 aromatic carbocycles. The number of carbonyl (C=O) groups is 2. The molecule has 0 spiro atoms. The maximum absolute atomic E-state index is 11.8. The van der Waals surface area contributed by atoms with Crippen LogP contribution in [-0.2, 0) is 14.3 Å². The molecule has 1 rings (SSSR count). The molecular formula is C14H28ClN3O3. The molecule has 0 aromatic rings. The van der Waals surface area contributed by atoms with Crippen molar-refractivity contribution in [3.8, 4) is 0 Å². The van der Waals surface area contributed by atoms with Crippen molar-refractivity contribution >= 4 is 24.2 Å². The highest BCUT2D eigenvalue weighted by Crippen LogP contribution is 2.02. The summed E-state index contributed by atoms with van der Waals surface area (Å²) in [6.45, 7) is 3.69. The SMILES string of the molecule is Cl.NCCCCCCC(=O)NCCC(=O)N1CCOCC1. The van der Waals surface area contributed by atoms with Gasteiger partial charge in [0.1, 0.15) is 0 Å². The lowest BCUT2D eigenvalue weighted by Crippen LogP contribution is -2.42. The highest BCUT2D eigenvalue weighted by atomic mass is 35.5. The second-order valence-corrected chi connectivity index (χ2v) is 5.05. The lowest BCUT2D eigenvalue weighted by molar-refractivity contribution is -0.135. The fraction of sp³-hybridized carbons (Fsp3) is 0.857. The molecule has 6 nitrogen and oxygen atoms in total. The summed E-state index contributed by atoms with van der Waals surface area (Å²) in [4.78, 5) is 25.2. The molecule has 0 bridgehead atoms. The van der Waals surface area contributed by atoms with E-state index in [9.17, 15) is 9.59 Å². The third-order valence-electron chi connectivity index (χ3n) is 3.38. The van der Waals surface area contributed by atoms with Crippen LogP contribution in [0.3, 0.4) is 0 Å². The Labute approximate surface area is 133 Å². The van der Waals surface area contributed by atoms with E-state index in [0.717, 1.165) is 32.2 Å². The Morgan fingerprint density at radius 1 is 1.05 bits per heavy atom. The maximum atomic E-state index is 11.8. The molecule has 0 radical (unpaired) electrons. The second kappa shape index (κ2) is 12.9. The molecule has 0 atom stereocenters. The molecule has 1 aliphatic heterocycles. The number of hydrogen-bond donors (Lipinski definition) is 2. The van der Waals surface area contributed by atoms with Crippen LogP contribution >= 0.6 is 12.4 Å². The highest BCUT2D eigenvalue weighted by molar-refractivity contribution is 5.85. The van der Waals surface area contributed by atoms with Crippen LogP contribution in [0.2, 0.25) is 0 Å². The van der Waals surface area contributed by atoms with Gasteiger partial charge in [0.2, 0.25) is 11.8 Å². The molecule has 0 aliphatic carbocycles. The first kappa shape index (κ1) is 20.1. The van der Waals surface area contributed by atoms with E-state index < -0.39 is 0 Å². The Hall–Kier alpha value is -0.850. The number of morpholine rings is 1. The number of amides is 2. The molecular weight excluding hydrogens is 294 g/mol. The minimum Gasteiger partial charge on any atom is -0.378 e. The van der Waals surface area contributed by atoms with E-state index in [-0.39, 0.29) is 24.2 Å². The Kier molecular flexibility index (Phi) is 12.3. The Morgan fingerprint density at radius 3 is 2.38 bits per heavy atom. The number of nitrogens with one attached hydrogen (secondary N) is 1. The predicted octanol–water partition coefficient (Wildman–Crippen LogP) is 0.682. The first-order valence-electron chi connectivity index (χ1n) is 7.56. The topological polar surface area (TPSA) is 84.7 Å².